The van der Waals surface area contributed by atoms with E-state index in [2.05, 4.69) is 5.43 Å². The summed E-state index contributed by atoms with van der Waals surface area (Å²) >= 11 is 0. The molecule has 1 aromatic carbocycles. The first-order valence-corrected chi connectivity index (χ1v) is 6.11. The number of ether oxygens (including phenoxy) is 1. The van der Waals surface area contributed by atoms with Crippen LogP contribution in [-0.2, 0) is 10.9 Å². The molecular weight excluding hydrogens is 257 g/mol. The van der Waals surface area contributed by atoms with Crippen molar-refractivity contribution in [3.05, 3.63) is 34.9 Å². The number of nitrogens with two attached hydrogens (primary N) is 1. The van der Waals surface area contributed by atoms with Gasteiger partial charge in [-0.15, -0.1) is 0 Å². The van der Waals surface area contributed by atoms with Crippen LogP contribution in [0.2, 0.25) is 0 Å². The Morgan fingerprint density at radius 1 is 1.37 bits per heavy atom. The summed E-state index contributed by atoms with van der Waals surface area (Å²) in [5, 5.41) is 0. The molecule has 0 fully saturated rings. The van der Waals surface area contributed by atoms with Gasteiger partial charge in [-0.1, -0.05) is 6.07 Å². The molecule has 19 heavy (non-hydrogen) atoms. The minimum atomic E-state index is -4.32. The Morgan fingerprint density at radius 2 is 2.05 bits per heavy atom. The van der Waals surface area contributed by atoms with Gasteiger partial charge in [0.05, 0.1) is 5.56 Å². The van der Waals surface area contributed by atoms with E-state index in [4.69, 9.17) is 10.6 Å². The van der Waals surface area contributed by atoms with Gasteiger partial charge in [0.2, 0.25) is 0 Å². The molecule has 1 aromatic rings. The van der Waals surface area contributed by atoms with Crippen LogP contribution in [0.25, 0.3) is 0 Å². The molecule has 0 saturated heterocycles. The molecule has 0 amide bonds. The van der Waals surface area contributed by atoms with E-state index in [1.54, 1.807) is 6.92 Å². The number of hydrogen-bond donors (Lipinski definition) is 2. The Morgan fingerprint density at radius 3 is 2.53 bits per heavy atom. The summed E-state index contributed by atoms with van der Waals surface area (Å²) in [7, 11) is 0. The fraction of sp³-hybridized carbons (Fsp3) is 0.538. The maximum atomic E-state index is 12.6. The lowest BCUT2D eigenvalue weighted by molar-refractivity contribution is -0.137. The van der Waals surface area contributed by atoms with E-state index in [1.807, 2.05) is 6.92 Å². The van der Waals surface area contributed by atoms with Gasteiger partial charge in [-0.05, 0) is 43.5 Å². The van der Waals surface area contributed by atoms with E-state index in [1.165, 1.54) is 6.07 Å². The van der Waals surface area contributed by atoms with Crippen molar-refractivity contribution < 1.29 is 17.9 Å². The van der Waals surface area contributed by atoms with Gasteiger partial charge in [0.25, 0.3) is 0 Å². The highest BCUT2D eigenvalue weighted by molar-refractivity contribution is 5.34. The molecule has 108 valence electrons. The molecule has 3 N–H and O–H groups in total. The molecule has 0 aromatic heterocycles. The monoisotopic (exact) mass is 276 g/mol. The van der Waals surface area contributed by atoms with Crippen LogP contribution in [0.4, 0.5) is 13.2 Å². The van der Waals surface area contributed by atoms with E-state index < -0.39 is 11.7 Å². The van der Waals surface area contributed by atoms with Crippen molar-refractivity contribution >= 4 is 0 Å². The first-order valence-electron chi connectivity index (χ1n) is 6.11. The number of hydrazine groups is 1. The van der Waals surface area contributed by atoms with Crippen LogP contribution in [-0.4, -0.2) is 13.2 Å². The Labute approximate surface area is 110 Å². The number of rotatable bonds is 6. The van der Waals surface area contributed by atoms with Crippen LogP contribution in [0.1, 0.15) is 36.1 Å². The Hall–Kier alpha value is -1.11. The fourth-order valence-electron chi connectivity index (χ4n) is 1.92. The summed E-state index contributed by atoms with van der Waals surface area (Å²) in [5.74, 6) is 5.45. The van der Waals surface area contributed by atoms with Crippen molar-refractivity contribution in [3.8, 4) is 0 Å². The zero-order valence-corrected chi connectivity index (χ0v) is 11.1. The van der Waals surface area contributed by atoms with E-state index >= 15 is 0 Å². The molecule has 3 nitrogen and oxygen atoms in total. The highest BCUT2D eigenvalue weighted by Crippen LogP contribution is 2.32. The van der Waals surface area contributed by atoms with Crippen molar-refractivity contribution in [2.45, 2.75) is 32.5 Å². The molecule has 6 heteroatoms. The van der Waals surface area contributed by atoms with E-state index in [-0.39, 0.29) is 6.04 Å². The number of hydrogen-bond acceptors (Lipinski definition) is 3. The molecule has 0 aliphatic heterocycles. The predicted octanol–water partition coefficient (Wildman–Crippen LogP) is 2.94. The lowest BCUT2D eigenvalue weighted by Gasteiger charge is -2.19. The van der Waals surface area contributed by atoms with Crippen LogP contribution >= 0.6 is 0 Å². The first-order chi connectivity index (χ1) is 8.90. The van der Waals surface area contributed by atoms with Crippen LogP contribution in [0.5, 0.6) is 0 Å². The number of benzene rings is 1. The fourth-order valence-corrected chi connectivity index (χ4v) is 1.92. The van der Waals surface area contributed by atoms with Crippen LogP contribution < -0.4 is 11.3 Å². The molecule has 1 atom stereocenters. The Kier molecular flexibility index (Phi) is 5.78. The summed E-state index contributed by atoms with van der Waals surface area (Å²) in [5.41, 5.74) is 3.29. The molecule has 0 aliphatic carbocycles. The summed E-state index contributed by atoms with van der Waals surface area (Å²) in [6.07, 6.45) is -3.71. The molecule has 1 unspecified atom stereocenters. The third kappa shape index (κ3) is 4.49. The third-order valence-electron chi connectivity index (χ3n) is 2.93. The standard InChI is InChI=1S/C13H19F3N2O/c1-3-19-7-6-12(18-17)11-5-4-10(8-9(11)2)13(14,15)16/h4-5,8,12,18H,3,6-7,17H2,1-2H3. The van der Waals surface area contributed by atoms with Gasteiger partial charge in [-0.3, -0.25) is 11.3 Å². The van der Waals surface area contributed by atoms with Crippen LogP contribution in [0.3, 0.4) is 0 Å². The zero-order chi connectivity index (χ0) is 14.5. The van der Waals surface area contributed by atoms with Gasteiger partial charge in [0, 0.05) is 19.3 Å². The number of nitrogens with one attached hydrogen (secondary N) is 1. The summed E-state index contributed by atoms with van der Waals surface area (Å²) in [6.45, 7) is 4.64. The molecule has 0 saturated carbocycles. The molecule has 0 bridgehead atoms. The predicted molar refractivity (Wildman–Crippen MR) is 67.4 cm³/mol. The SMILES string of the molecule is CCOCCC(NN)c1ccc(C(F)(F)F)cc1C. The van der Waals surface area contributed by atoms with Crippen molar-refractivity contribution in [2.75, 3.05) is 13.2 Å². The molecule has 0 spiro atoms. The van der Waals surface area contributed by atoms with Crippen molar-refractivity contribution in [1.29, 1.82) is 0 Å². The highest BCUT2D eigenvalue weighted by atomic mass is 19.4. The summed E-state index contributed by atoms with van der Waals surface area (Å²) < 4.78 is 42.9. The molecule has 0 heterocycles. The quantitative estimate of drug-likeness (QED) is 0.477. The Balaban J connectivity index is 2.87. The largest absolute Gasteiger partial charge is 0.416 e. The second kappa shape index (κ2) is 6.88. The van der Waals surface area contributed by atoms with Crippen molar-refractivity contribution in [3.63, 3.8) is 0 Å². The molecule has 0 aliphatic rings. The topological polar surface area (TPSA) is 47.3 Å². The van der Waals surface area contributed by atoms with Gasteiger partial charge in [-0.2, -0.15) is 13.2 Å². The summed E-state index contributed by atoms with van der Waals surface area (Å²) in [6, 6.07) is 3.47. The molecule has 1 rings (SSSR count). The average molecular weight is 276 g/mol. The maximum Gasteiger partial charge on any atom is 0.416 e. The highest BCUT2D eigenvalue weighted by Gasteiger charge is 2.31. The van der Waals surface area contributed by atoms with E-state index in [0.29, 0.717) is 25.2 Å². The first kappa shape index (κ1) is 15.9. The van der Waals surface area contributed by atoms with Crippen LogP contribution in [0, 0.1) is 6.92 Å². The Bertz CT molecular complexity index is 407. The lowest BCUT2D eigenvalue weighted by atomic mass is 9.97. The minimum Gasteiger partial charge on any atom is -0.382 e. The lowest BCUT2D eigenvalue weighted by Crippen LogP contribution is -2.29. The maximum absolute atomic E-state index is 12.6. The molecule has 0 radical (unpaired) electrons. The zero-order valence-electron chi connectivity index (χ0n) is 11.1. The number of aryl methyl sites for hydroxylation is 1. The van der Waals surface area contributed by atoms with Crippen molar-refractivity contribution in [1.82, 2.24) is 5.43 Å². The normalized spacial score (nSPS) is 13.6. The van der Waals surface area contributed by atoms with E-state index in [9.17, 15) is 13.2 Å². The van der Waals surface area contributed by atoms with Gasteiger partial charge in [0.1, 0.15) is 0 Å². The van der Waals surface area contributed by atoms with Gasteiger partial charge in [0.15, 0.2) is 0 Å². The third-order valence-corrected chi connectivity index (χ3v) is 2.93. The number of alkyl halides is 3. The van der Waals surface area contributed by atoms with Gasteiger partial charge in [-0.25, -0.2) is 0 Å². The summed E-state index contributed by atoms with van der Waals surface area (Å²) in [4.78, 5) is 0. The molecular formula is C13H19F3N2O. The average Bonchev–Trinajstić information content (AvgIpc) is 2.34. The van der Waals surface area contributed by atoms with E-state index in [0.717, 1.165) is 17.7 Å². The van der Waals surface area contributed by atoms with Crippen LogP contribution in [0.15, 0.2) is 18.2 Å². The number of halogens is 3. The van der Waals surface area contributed by atoms with Crippen molar-refractivity contribution in [2.24, 2.45) is 5.84 Å². The minimum absolute atomic E-state index is 0.214. The smallest absolute Gasteiger partial charge is 0.382 e. The second-order valence-corrected chi connectivity index (χ2v) is 4.27. The van der Waals surface area contributed by atoms with Gasteiger partial charge >= 0.3 is 6.18 Å². The second-order valence-electron chi connectivity index (χ2n) is 4.27. The van der Waals surface area contributed by atoms with Gasteiger partial charge < -0.3 is 4.74 Å².